The minimum absolute atomic E-state index is 0. The first kappa shape index (κ1) is 18.6. The van der Waals surface area contributed by atoms with Crippen molar-refractivity contribution in [3.8, 4) is 16.3 Å². The lowest BCUT2D eigenvalue weighted by Crippen LogP contribution is -2.37. The third-order valence-electron chi connectivity index (χ3n) is 4.41. The Hall–Kier alpha value is -2.15. The minimum Gasteiger partial charge on any atom is -0.350 e. The number of amides is 1. The van der Waals surface area contributed by atoms with E-state index >= 15 is 0 Å². The van der Waals surface area contributed by atoms with E-state index in [1.807, 2.05) is 54.0 Å². The normalized spacial score (nSPS) is 16.2. The summed E-state index contributed by atoms with van der Waals surface area (Å²) in [6, 6.07) is 14.2. The molecular formula is C19H21ClN4OS. The van der Waals surface area contributed by atoms with Crippen LogP contribution in [0.4, 0.5) is 0 Å². The van der Waals surface area contributed by atoms with Crippen molar-refractivity contribution >= 4 is 29.7 Å². The third kappa shape index (κ3) is 3.98. The minimum atomic E-state index is -0.0701. The molecule has 1 saturated heterocycles. The number of carbonyl (C=O) groups is 1. The van der Waals surface area contributed by atoms with Crippen molar-refractivity contribution in [1.29, 1.82) is 0 Å². The Kier molecular flexibility index (Phi) is 6.08. The van der Waals surface area contributed by atoms with Gasteiger partial charge in [0.2, 0.25) is 0 Å². The van der Waals surface area contributed by atoms with Crippen LogP contribution in [0.1, 0.15) is 23.2 Å². The fraction of sp³-hybridized carbons (Fsp3) is 0.263. The van der Waals surface area contributed by atoms with Crippen molar-refractivity contribution in [2.75, 3.05) is 13.1 Å². The molecule has 2 aromatic heterocycles. The smallest absolute Gasteiger partial charge is 0.255 e. The van der Waals surface area contributed by atoms with Gasteiger partial charge in [0, 0.05) is 18.8 Å². The number of hydrogen-bond donors (Lipinski definition) is 2. The first-order chi connectivity index (χ1) is 12.3. The highest BCUT2D eigenvalue weighted by Crippen LogP contribution is 2.27. The zero-order valence-corrected chi connectivity index (χ0v) is 15.9. The maximum absolute atomic E-state index is 12.8. The Morgan fingerprint density at radius 1 is 1.27 bits per heavy atom. The molecule has 0 bridgehead atoms. The Morgan fingerprint density at radius 3 is 2.81 bits per heavy atom. The molecule has 1 fully saturated rings. The SMILES string of the molecule is Cl.O=C(NCC1CCCN1)c1cn(-c2ccccc2)nc1-c1cccs1. The molecule has 4 rings (SSSR count). The molecule has 3 aromatic rings. The van der Waals surface area contributed by atoms with Crippen molar-refractivity contribution in [3.63, 3.8) is 0 Å². The van der Waals surface area contributed by atoms with E-state index in [2.05, 4.69) is 15.7 Å². The van der Waals surface area contributed by atoms with E-state index in [9.17, 15) is 4.79 Å². The summed E-state index contributed by atoms with van der Waals surface area (Å²) in [4.78, 5) is 13.8. The molecule has 0 spiro atoms. The second-order valence-electron chi connectivity index (χ2n) is 6.15. The van der Waals surface area contributed by atoms with Gasteiger partial charge >= 0.3 is 0 Å². The molecular weight excluding hydrogens is 368 g/mol. The standard InChI is InChI=1S/C19H20N4OS.ClH/c24-19(21-12-14-6-4-10-20-14)16-13-23(15-7-2-1-3-8-15)22-18(16)17-9-5-11-25-17;/h1-3,5,7-9,11,13-14,20H,4,6,10,12H2,(H,21,24);1H. The molecule has 1 atom stereocenters. The average molecular weight is 389 g/mol. The molecule has 1 amide bonds. The van der Waals surface area contributed by atoms with Gasteiger partial charge in [-0.1, -0.05) is 24.3 Å². The highest BCUT2D eigenvalue weighted by atomic mass is 35.5. The predicted molar refractivity (Wildman–Crippen MR) is 107 cm³/mol. The Labute approximate surface area is 162 Å². The summed E-state index contributed by atoms with van der Waals surface area (Å²) in [7, 11) is 0. The van der Waals surface area contributed by atoms with E-state index in [0.717, 1.165) is 29.2 Å². The molecule has 136 valence electrons. The summed E-state index contributed by atoms with van der Waals surface area (Å²) in [5.41, 5.74) is 2.29. The number of thiophene rings is 1. The Balaban J connectivity index is 0.00000196. The quantitative estimate of drug-likeness (QED) is 0.703. The largest absolute Gasteiger partial charge is 0.350 e. The number of hydrogen-bond acceptors (Lipinski definition) is 4. The highest BCUT2D eigenvalue weighted by Gasteiger charge is 2.21. The molecule has 0 radical (unpaired) electrons. The van der Waals surface area contributed by atoms with Crippen molar-refractivity contribution in [2.24, 2.45) is 0 Å². The molecule has 1 aromatic carbocycles. The summed E-state index contributed by atoms with van der Waals surface area (Å²) in [5.74, 6) is -0.0701. The summed E-state index contributed by atoms with van der Waals surface area (Å²) in [6.07, 6.45) is 4.11. The number of carbonyl (C=O) groups excluding carboxylic acids is 1. The van der Waals surface area contributed by atoms with Gasteiger partial charge in [-0.2, -0.15) is 5.10 Å². The van der Waals surface area contributed by atoms with Gasteiger partial charge in [0.1, 0.15) is 5.69 Å². The van der Waals surface area contributed by atoms with Crippen molar-refractivity contribution in [3.05, 3.63) is 59.6 Å². The summed E-state index contributed by atoms with van der Waals surface area (Å²) < 4.78 is 1.78. The molecule has 3 heterocycles. The van der Waals surface area contributed by atoms with Crippen LogP contribution in [0.5, 0.6) is 0 Å². The lowest BCUT2D eigenvalue weighted by molar-refractivity contribution is 0.0951. The van der Waals surface area contributed by atoms with Gasteiger partial charge in [0.05, 0.1) is 16.1 Å². The van der Waals surface area contributed by atoms with Gasteiger partial charge in [0.15, 0.2) is 0 Å². The molecule has 2 N–H and O–H groups in total. The van der Waals surface area contributed by atoms with Crippen LogP contribution < -0.4 is 10.6 Å². The fourth-order valence-corrected chi connectivity index (χ4v) is 3.81. The van der Waals surface area contributed by atoms with Crippen molar-refractivity contribution < 1.29 is 4.79 Å². The Bertz CT molecular complexity index is 842. The Morgan fingerprint density at radius 2 is 2.12 bits per heavy atom. The van der Waals surface area contributed by atoms with Crippen LogP contribution in [0, 0.1) is 0 Å². The molecule has 1 aliphatic rings. The maximum Gasteiger partial charge on any atom is 0.255 e. The molecule has 1 aliphatic heterocycles. The van der Waals surface area contributed by atoms with Crippen LogP contribution in [0.25, 0.3) is 16.3 Å². The number of nitrogens with one attached hydrogen (secondary N) is 2. The highest BCUT2D eigenvalue weighted by molar-refractivity contribution is 7.13. The number of aromatic nitrogens is 2. The van der Waals surface area contributed by atoms with Crippen LogP contribution in [-0.4, -0.2) is 34.8 Å². The summed E-state index contributed by atoms with van der Waals surface area (Å²) in [5, 5.41) is 13.1. The van der Waals surface area contributed by atoms with Crippen LogP contribution in [0.2, 0.25) is 0 Å². The zero-order chi connectivity index (χ0) is 17.1. The second kappa shape index (κ2) is 8.49. The molecule has 0 aliphatic carbocycles. The topological polar surface area (TPSA) is 59.0 Å². The summed E-state index contributed by atoms with van der Waals surface area (Å²) in [6.45, 7) is 1.69. The second-order valence-corrected chi connectivity index (χ2v) is 7.10. The number of benzene rings is 1. The first-order valence-corrected chi connectivity index (χ1v) is 9.40. The average Bonchev–Trinajstić information content (AvgIpc) is 3.41. The molecule has 1 unspecified atom stereocenters. The molecule has 5 nitrogen and oxygen atoms in total. The zero-order valence-electron chi connectivity index (χ0n) is 14.2. The van der Waals surface area contributed by atoms with E-state index in [1.165, 1.54) is 6.42 Å². The van der Waals surface area contributed by atoms with Gasteiger partial charge in [-0.3, -0.25) is 4.79 Å². The molecule has 0 saturated carbocycles. The van der Waals surface area contributed by atoms with Crippen LogP contribution in [0.3, 0.4) is 0 Å². The lowest BCUT2D eigenvalue weighted by atomic mass is 10.2. The van der Waals surface area contributed by atoms with Crippen LogP contribution >= 0.6 is 23.7 Å². The van der Waals surface area contributed by atoms with Gasteiger partial charge in [-0.25, -0.2) is 4.68 Å². The summed E-state index contributed by atoms with van der Waals surface area (Å²) >= 11 is 1.59. The van der Waals surface area contributed by atoms with Crippen molar-refractivity contribution in [2.45, 2.75) is 18.9 Å². The van der Waals surface area contributed by atoms with E-state index < -0.39 is 0 Å². The van der Waals surface area contributed by atoms with E-state index in [1.54, 1.807) is 16.0 Å². The number of rotatable bonds is 5. The van der Waals surface area contributed by atoms with E-state index in [0.29, 0.717) is 18.2 Å². The van der Waals surface area contributed by atoms with Gasteiger partial charge < -0.3 is 10.6 Å². The first-order valence-electron chi connectivity index (χ1n) is 8.52. The van der Waals surface area contributed by atoms with Gasteiger partial charge in [0.25, 0.3) is 5.91 Å². The molecule has 26 heavy (non-hydrogen) atoms. The fourth-order valence-electron chi connectivity index (χ4n) is 3.09. The van der Waals surface area contributed by atoms with Gasteiger partial charge in [-0.15, -0.1) is 23.7 Å². The third-order valence-corrected chi connectivity index (χ3v) is 5.28. The van der Waals surface area contributed by atoms with E-state index in [-0.39, 0.29) is 18.3 Å². The number of para-hydroxylation sites is 1. The van der Waals surface area contributed by atoms with Crippen LogP contribution in [-0.2, 0) is 0 Å². The molecule has 7 heteroatoms. The maximum atomic E-state index is 12.8. The predicted octanol–water partition coefficient (Wildman–Crippen LogP) is 3.50. The van der Waals surface area contributed by atoms with Crippen LogP contribution in [0.15, 0.2) is 54.0 Å². The van der Waals surface area contributed by atoms with E-state index in [4.69, 9.17) is 0 Å². The number of halogens is 1. The number of nitrogens with zero attached hydrogens (tertiary/aromatic N) is 2. The van der Waals surface area contributed by atoms with Gasteiger partial charge in [-0.05, 0) is 43.0 Å². The monoisotopic (exact) mass is 388 g/mol. The van der Waals surface area contributed by atoms with Crippen molar-refractivity contribution in [1.82, 2.24) is 20.4 Å². The lowest BCUT2D eigenvalue weighted by Gasteiger charge is -2.11.